The molecule has 1 amide bonds. The topological polar surface area (TPSA) is 121 Å². The molecular weight excluding hydrogens is 376 g/mol. The molecule has 1 unspecified atom stereocenters. The van der Waals surface area contributed by atoms with E-state index in [1.807, 2.05) is 12.3 Å². The Balaban J connectivity index is 1.94. The predicted molar refractivity (Wildman–Crippen MR) is 101 cm³/mol. The second-order valence-corrected chi connectivity index (χ2v) is 7.67. The van der Waals surface area contributed by atoms with Crippen LogP contribution < -0.4 is 4.90 Å². The van der Waals surface area contributed by atoms with E-state index in [1.54, 1.807) is 19.4 Å². The lowest BCUT2D eigenvalue weighted by atomic mass is 10.2. The summed E-state index contributed by atoms with van der Waals surface area (Å²) in [6, 6.07) is 2.02. The van der Waals surface area contributed by atoms with E-state index < -0.39 is 16.9 Å². The maximum absolute atomic E-state index is 12.1. The lowest BCUT2D eigenvalue weighted by molar-refractivity contribution is 0.162. The second kappa shape index (κ2) is 9.85. The molecule has 0 radical (unpaired) electrons. The molecule has 2 aromatic heterocycles. The summed E-state index contributed by atoms with van der Waals surface area (Å²) in [4.78, 5) is 24.5. The Morgan fingerprint density at radius 3 is 3.00 bits per heavy atom. The molecule has 26 heavy (non-hydrogen) atoms. The minimum Gasteiger partial charge on any atom is -0.448 e. The summed E-state index contributed by atoms with van der Waals surface area (Å²) in [5.41, 5.74) is 10.2. The number of ether oxygens (including phenoxy) is 1. The van der Waals surface area contributed by atoms with Crippen molar-refractivity contribution in [1.29, 1.82) is 0 Å². The maximum Gasteiger partial charge on any atom is 0.414 e. The number of aromatic nitrogens is 2. The van der Waals surface area contributed by atoms with Gasteiger partial charge in [0.1, 0.15) is 22.5 Å². The van der Waals surface area contributed by atoms with Crippen LogP contribution in [0.2, 0.25) is 0 Å². The molecule has 2 heterocycles. The van der Waals surface area contributed by atoms with Crippen LogP contribution in [-0.4, -0.2) is 45.6 Å². The van der Waals surface area contributed by atoms with Gasteiger partial charge in [-0.3, -0.25) is 14.1 Å². The largest absolute Gasteiger partial charge is 0.448 e. The van der Waals surface area contributed by atoms with E-state index in [0.717, 1.165) is 22.6 Å². The van der Waals surface area contributed by atoms with Crippen LogP contribution in [0, 0.1) is 0 Å². The van der Waals surface area contributed by atoms with Crippen molar-refractivity contribution in [3.8, 4) is 10.6 Å². The molecule has 11 heteroatoms. The van der Waals surface area contributed by atoms with Crippen LogP contribution in [0.5, 0.6) is 0 Å². The van der Waals surface area contributed by atoms with Gasteiger partial charge < -0.3 is 4.74 Å². The number of nitrogens with zero attached hydrogens (tertiary/aromatic N) is 6. The van der Waals surface area contributed by atoms with Gasteiger partial charge in [0.15, 0.2) is 0 Å². The van der Waals surface area contributed by atoms with Crippen molar-refractivity contribution in [2.24, 2.45) is 5.11 Å². The van der Waals surface area contributed by atoms with Crippen LogP contribution in [0.15, 0.2) is 29.8 Å². The summed E-state index contributed by atoms with van der Waals surface area (Å²) < 4.78 is 16.5. The lowest BCUT2D eigenvalue weighted by Gasteiger charge is -2.14. The maximum atomic E-state index is 12.1. The van der Waals surface area contributed by atoms with Crippen molar-refractivity contribution in [3.05, 3.63) is 40.7 Å². The molecule has 0 aliphatic carbocycles. The van der Waals surface area contributed by atoms with Crippen LogP contribution in [0.3, 0.4) is 0 Å². The first-order valence-electron chi connectivity index (χ1n) is 7.71. The van der Waals surface area contributed by atoms with Crippen LogP contribution in [-0.2, 0) is 22.0 Å². The minimum absolute atomic E-state index is 0.0230. The van der Waals surface area contributed by atoms with Crippen LogP contribution in [0.25, 0.3) is 21.0 Å². The Kier molecular flexibility index (Phi) is 7.52. The fourth-order valence-corrected chi connectivity index (χ4v) is 3.34. The molecule has 1 atom stereocenters. The standard InChI is InChI=1S/C15H18N6O3S2/c1-3-11-6-12(8-17-7-11)14-18-9-13(25-14)21(2)15(22)24-4-5-26(23)10-19-20-16/h6-9H,3-5,10H2,1-2H3. The van der Waals surface area contributed by atoms with Crippen molar-refractivity contribution in [3.63, 3.8) is 0 Å². The number of amides is 1. The first-order chi connectivity index (χ1) is 12.5. The number of hydrogen-bond donors (Lipinski definition) is 0. The highest BCUT2D eigenvalue weighted by Gasteiger charge is 2.16. The van der Waals surface area contributed by atoms with Gasteiger partial charge in [-0.25, -0.2) is 9.78 Å². The molecule has 0 aliphatic rings. The summed E-state index contributed by atoms with van der Waals surface area (Å²) in [5.74, 6) is -0.0189. The summed E-state index contributed by atoms with van der Waals surface area (Å²) in [6.07, 6.45) is 5.46. The third-order valence-corrected chi connectivity index (χ3v) is 5.50. The van der Waals surface area contributed by atoms with Gasteiger partial charge in [-0.15, -0.1) is 0 Å². The average molecular weight is 394 g/mol. The van der Waals surface area contributed by atoms with Crippen molar-refractivity contribution in [1.82, 2.24) is 9.97 Å². The first-order valence-corrected chi connectivity index (χ1v) is 10.0. The number of hydrogen-bond acceptors (Lipinski definition) is 7. The molecule has 0 aliphatic heterocycles. The summed E-state index contributed by atoms with van der Waals surface area (Å²) in [6.45, 7) is 2.03. The zero-order valence-electron chi connectivity index (χ0n) is 14.4. The second-order valence-electron chi connectivity index (χ2n) is 5.12. The van der Waals surface area contributed by atoms with Gasteiger partial charge in [-0.2, -0.15) is 0 Å². The molecule has 0 bridgehead atoms. The molecule has 0 saturated carbocycles. The van der Waals surface area contributed by atoms with Gasteiger partial charge in [0.2, 0.25) is 0 Å². The lowest BCUT2D eigenvalue weighted by Crippen LogP contribution is -2.27. The number of carbonyl (C=O) groups is 1. The van der Waals surface area contributed by atoms with Crippen molar-refractivity contribution in [2.75, 3.05) is 30.2 Å². The smallest absolute Gasteiger partial charge is 0.414 e. The highest BCUT2D eigenvalue weighted by Crippen LogP contribution is 2.30. The number of thiazole rings is 1. The molecule has 138 valence electrons. The summed E-state index contributed by atoms with van der Waals surface area (Å²) in [7, 11) is 0.230. The molecular formula is C15H18N6O3S2. The van der Waals surface area contributed by atoms with E-state index in [-0.39, 0.29) is 18.2 Å². The Morgan fingerprint density at radius 1 is 1.46 bits per heavy atom. The van der Waals surface area contributed by atoms with Gasteiger partial charge in [0.25, 0.3) is 0 Å². The Hall–Kier alpha value is -2.49. The van der Waals surface area contributed by atoms with Crippen molar-refractivity contribution >= 4 is 33.2 Å². The van der Waals surface area contributed by atoms with E-state index >= 15 is 0 Å². The molecule has 0 aromatic carbocycles. The van der Waals surface area contributed by atoms with E-state index in [1.165, 1.54) is 16.2 Å². The summed E-state index contributed by atoms with van der Waals surface area (Å²) >= 11 is 1.35. The fourth-order valence-electron chi connectivity index (χ4n) is 1.92. The van der Waals surface area contributed by atoms with E-state index in [9.17, 15) is 9.00 Å². The molecule has 0 N–H and O–H groups in total. The molecule has 0 spiro atoms. The Labute approximate surface area is 157 Å². The predicted octanol–water partition coefficient (Wildman–Crippen LogP) is 3.36. The van der Waals surface area contributed by atoms with Gasteiger partial charge in [-0.05, 0) is 23.6 Å². The van der Waals surface area contributed by atoms with Crippen molar-refractivity contribution < 1.29 is 13.7 Å². The number of anilines is 1. The third-order valence-electron chi connectivity index (χ3n) is 3.35. The SMILES string of the molecule is CCc1cncc(-c2ncc(N(C)C(=O)OCCS(=O)CN=[N+]=[N-])s2)c1. The molecule has 0 fully saturated rings. The molecule has 2 aromatic rings. The number of rotatable bonds is 8. The molecule has 9 nitrogen and oxygen atoms in total. The first kappa shape index (κ1) is 19.8. The van der Waals surface area contributed by atoms with Gasteiger partial charge in [-0.1, -0.05) is 23.4 Å². The highest BCUT2D eigenvalue weighted by atomic mass is 32.2. The highest BCUT2D eigenvalue weighted by molar-refractivity contribution is 7.84. The zero-order valence-corrected chi connectivity index (χ0v) is 16.0. The Bertz CT molecular complexity index is 834. The van der Waals surface area contributed by atoms with Gasteiger partial charge >= 0.3 is 6.09 Å². The quantitative estimate of drug-likeness (QED) is 0.386. The van der Waals surface area contributed by atoms with Crippen LogP contribution >= 0.6 is 11.3 Å². The Morgan fingerprint density at radius 2 is 2.27 bits per heavy atom. The third kappa shape index (κ3) is 5.51. The number of azide groups is 1. The molecule has 2 rings (SSSR count). The fraction of sp³-hybridized carbons (Fsp3) is 0.400. The van der Waals surface area contributed by atoms with Gasteiger partial charge in [0.05, 0.1) is 11.9 Å². The van der Waals surface area contributed by atoms with Crippen LogP contribution in [0.1, 0.15) is 12.5 Å². The van der Waals surface area contributed by atoms with Crippen molar-refractivity contribution in [2.45, 2.75) is 13.3 Å². The van der Waals surface area contributed by atoms with Gasteiger partial charge in [0, 0.05) is 40.7 Å². The van der Waals surface area contributed by atoms with Crippen LogP contribution in [0.4, 0.5) is 9.80 Å². The minimum atomic E-state index is -1.35. The summed E-state index contributed by atoms with van der Waals surface area (Å²) in [5, 5.41) is 4.60. The number of aryl methyl sites for hydroxylation is 1. The normalized spacial score (nSPS) is 11.5. The zero-order chi connectivity index (χ0) is 18.9. The average Bonchev–Trinajstić information content (AvgIpc) is 3.15. The molecule has 0 saturated heterocycles. The van der Waals surface area contributed by atoms with E-state index in [4.69, 9.17) is 10.3 Å². The van der Waals surface area contributed by atoms with E-state index in [2.05, 4.69) is 26.9 Å². The van der Waals surface area contributed by atoms with E-state index in [0.29, 0.717) is 5.00 Å². The monoisotopic (exact) mass is 394 g/mol. The number of carbonyl (C=O) groups excluding carboxylic acids is 1. The number of pyridine rings is 1.